The Kier molecular flexibility index (Phi) is 6.90. The summed E-state index contributed by atoms with van der Waals surface area (Å²) in [6, 6.07) is 17.3. The predicted octanol–water partition coefficient (Wildman–Crippen LogP) is 3.07. The van der Waals surface area contributed by atoms with Gasteiger partial charge in [0.05, 0.1) is 19.6 Å². The van der Waals surface area contributed by atoms with Gasteiger partial charge >= 0.3 is 0 Å². The smallest absolute Gasteiger partial charge is 0.236 e. The average Bonchev–Trinajstić information content (AvgIpc) is 2.53. The quantitative estimate of drug-likeness (QED) is 0.581. The lowest BCUT2D eigenvalue weighted by atomic mass is 10.2. The number of benzene rings is 2. The Labute approximate surface area is 135 Å². The van der Waals surface area contributed by atoms with Crippen LogP contribution in [0.2, 0.25) is 5.02 Å². The Bertz CT molecular complexity index is 590. The molecule has 0 fully saturated rings. The van der Waals surface area contributed by atoms with Crippen molar-refractivity contribution >= 4 is 17.5 Å². The molecule has 0 atom stereocenters. The Morgan fingerprint density at radius 1 is 1.05 bits per heavy atom. The maximum atomic E-state index is 11.6. The van der Waals surface area contributed by atoms with E-state index < -0.39 is 0 Å². The van der Waals surface area contributed by atoms with Crippen molar-refractivity contribution in [1.82, 2.24) is 10.9 Å². The maximum absolute atomic E-state index is 11.6. The molecule has 0 aliphatic heterocycles. The van der Waals surface area contributed by atoms with Gasteiger partial charge in [0.15, 0.2) is 0 Å². The summed E-state index contributed by atoms with van der Waals surface area (Å²) in [7, 11) is 0. The van der Waals surface area contributed by atoms with E-state index in [4.69, 9.17) is 16.3 Å². The molecule has 5 heteroatoms. The van der Waals surface area contributed by atoms with E-state index in [0.717, 1.165) is 11.1 Å². The van der Waals surface area contributed by atoms with Gasteiger partial charge in [0.25, 0.3) is 0 Å². The molecule has 0 bridgehead atoms. The van der Waals surface area contributed by atoms with Gasteiger partial charge in [-0.2, -0.15) is 0 Å². The first-order valence-corrected chi connectivity index (χ1v) is 7.49. The highest BCUT2D eigenvalue weighted by Gasteiger charge is 2.01. The second-order valence-electron chi connectivity index (χ2n) is 4.82. The Morgan fingerprint density at radius 3 is 2.59 bits per heavy atom. The molecule has 2 N–H and O–H groups in total. The molecule has 0 saturated heterocycles. The van der Waals surface area contributed by atoms with Gasteiger partial charge in [0, 0.05) is 11.6 Å². The maximum Gasteiger partial charge on any atom is 0.236 e. The molecule has 22 heavy (non-hydrogen) atoms. The van der Waals surface area contributed by atoms with Gasteiger partial charge in [-0.25, -0.2) is 5.43 Å². The summed E-state index contributed by atoms with van der Waals surface area (Å²) in [5.74, 6) is -0.0953. The summed E-state index contributed by atoms with van der Waals surface area (Å²) in [6.07, 6.45) is 0.308. The van der Waals surface area contributed by atoms with Crippen LogP contribution in [0.1, 0.15) is 17.5 Å². The molecule has 0 aromatic heterocycles. The normalized spacial score (nSPS) is 10.4. The molecule has 0 saturated carbocycles. The van der Waals surface area contributed by atoms with Gasteiger partial charge < -0.3 is 4.74 Å². The van der Waals surface area contributed by atoms with Gasteiger partial charge in [-0.1, -0.05) is 54.1 Å². The molecule has 0 heterocycles. The van der Waals surface area contributed by atoms with E-state index in [9.17, 15) is 4.79 Å². The largest absolute Gasteiger partial charge is 0.376 e. The van der Waals surface area contributed by atoms with Gasteiger partial charge in [-0.15, -0.1) is 0 Å². The molecule has 0 aliphatic rings. The van der Waals surface area contributed by atoms with Crippen LogP contribution in [-0.2, 0) is 22.7 Å². The number of hydrogen-bond acceptors (Lipinski definition) is 3. The lowest BCUT2D eigenvalue weighted by molar-refractivity contribution is -0.123. The minimum absolute atomic E-state index is 0.0953. The van der Waals surface area contributed by atoms with Crippen molar-refractivity contribution < 1.29 is 9.53 Å². The lowest BCUT2D eigenvalue weighted by Crippen LogP contribution is -2.37. The average molecular weight is 319 g/mol. The SMILES string of the molecule is O=C(CCOCc1cccc(Cl)c1)NNCc1ccccc1. The zero-order chi connectivity index (χ0) is 15.6. The number of hydrazine groups is 1. The van der Waals surface area contributed by atoms with Crippen molar-refractivity contribution in [3.63, 3.8) is 0 Å². The predicted molar refractivity (Wildman–Crippen MR) is 87.1 cm³/mol. The van der Waals surface area contributed by atoms with Crippen molar-refractivity contribution in [2.45, 2.75) is 19.6 Å². The third-order valence-corrected chi connectivity index (χ3v) is 3.23. The lowest BCUT2D eigenvalue weighted by Gasteiger charge is -2.08. The molecule has 2 aromatic carbocycles. The zero-order valence-corrected chi connectivity index (χ0v) is 13.0. The van der Waals surface area contributed by atoms with Crippen LogP contribution >= 0.6 is 11.6 Å². The van der Waals surface area contributed by atoms with Crippen LogP contribution in [0.25, 0.3) is 0 Å². The summed E-state index contributed by atoms with van der Waals surface area (Å²) >= 11 is 5.89. The fraction of sp³-hybridized carbons (Fsp3) is 0.235. The molecular weight excluding hydrogens is 300 g/mol. The van der Waals surface area contributed by atoms with Gasteiger partial charge in [0.1, 0.15) is 0 Å². The Morgan fingerprint density at radius 2 is 1.82 bits per heavy atom. The van der Waals surface area contributed by atoms with Gasteiger partial charge in [-0.3, -0.25) is 10.2 Å². The number of carbonyl (C=O) groups is 1. The van der Waals surface area contributed by atoms with Crippen molar-refractivity contribution in [1.29, 1.82) is 0 Å². The molecule has 2 aromatic rings. The minimum Gasteiger partial charge on any atom is -0.376 e. The van der Waals surface area contributed by atoms with E-state index in [-0.39, 0.29) is 5.91 Å². The molecule has 0 spiro atoms. The first-order valence-electron chi connectivity index (χ1n) is 7.12. The number of nitrogens with one attached hydrogen (secondary N) is 2. The fourth-order valence-corrected chi connectivity index (χ4v) is 2.10. The number of amides is 1. The van der Waals surface area contributed by atoms with E-state index in [2.05, 4.69) is 10.9 Å². The molecular formula is C17H19ClN2O2. The summed E-state index contributed by atoms with van der Waals surface area (Å²) in [4.78, 5) is 11.6. The van der Waals surface area contributed by atoms with Crippen LogP contribution in [-0.4, -0.2) is 12.5 Å². The molecule has 0 unspecified atom stereocenters. The van der Waals surface area contributed by atoms with Crippen LogP contribution in [0.5, 0.6) is 0 Å². The van der Waals surface area contributed by atoms with Gasteiger partial charge in [0.2, 0.25) is 5.91 Å². The van der Waals surface area contributed by atoms with Crippen LogP contribution in [0.3, 0.4) is 0 Å². The van der Waals surface area contributed by atoms with Crippen LogP contribution < -0.4 is 10.9 Å². The van der Waals surface area contributed by atoms with Crippen molar-refractivity contribution in [2.75, 3.05) is 6.61 Å². The summed E-state index contributed by atoms with van der Waals surface area (Å²) < 4.78 is 5.46. The monoisotopic (exact) mass is 318 g/mol. The second-order valence-corrected chi connectivity index (χ2v) is 5.26. The Hall–Kier alpha value is -1.88. The summed E-state index contributed by atoms with van der Waals surface area (Å²) in [5, 5.41) is 0.684. The molecule has 0 aliphatic carbocycles. The number of halogens is 1. The first-order chi connectivity index (χ1) is 10.7. The summed E-state index contributed by atoms with van der Waals surface area (Å²) in [6.45, 7) is 1.41. The number of hydrogen-bond donors (Lipinski definition) is 2. The molecule has 1 amide bonds. The summed E-state index contributed by atoms with van der Waals surface area (Å²) in [5.41, 5.74) is 7.65. The molecule has 116 valence electrons. The molecule has 2 rings (SSSR count). The van der Waals surface area contributed by atoms with E-state index in [1.165, 1.54) is 0 Å². The van der Waals surface area contributed by atoms with E-state index in [1.807, 2.05) is 54.6 Å². The zero-order valence-electron chi connectivity index (χ0n) is 12.2. The molecule has 0 radical (unpaired) electrons. The van der Waals surface area contributed by atoms with Crippen LogP contribution in [0.4, 0.5) is 0 Å². The number of rotatable bonds is 8. The topological polar surface area (TPSA) is 50.4 Å². The van der Waals surface area contributed by atoms with Gasteiger partial charge in [-0.05, 0) is 23.3 Å². The fourth-order valence-electron chi connectivity index (χ4n) is 1.88. The highest BCUT2D eigenvalue weighted by molar-refractivity contribution is 6.30. The standard InChI is InChI=1S/C17H19ClN2O2/c18-16-8-4-7-15(11-16)13-22-10-9-17(21)20-19-12-14-5-2-1-3-6-14/h1-8,11,19H,9-10,12-13H2,(H,20,21). The van der Waals surface area contributed by atoms with Crippen LogP contribution in [0.15, 0.2) is 54.6 Å². The highest BCUT2D eigenvalue weighted by Crippen LogP contribution is 2.11. The Balaban J connectivity index is 1.56. The third kappa shape index (κ3) is 6.26. The van der Waals surface area contributed by atoms with Crippen molar-refractivity contribution in [3.8, 4) is 0 Å². The number of ether oxygens (including phenoxy) is 1. The number of carbonyl (C=O) groups excluding carboxylic acids is 1. The van der Waals surface area contributed by atoms with Crippen molar-refractivity contribution in [3.05, 3.63) is 70.7 Å². The molecule has 4 nitrogen and oxygen atoms in total. The van der Waals surface area contributed by atoms with E-state index in [0.29, 0.717) is 31.2 Å². The van der Waals surface area contributed by atoms with Crippen molar-refractivity contribution in [2.24, 2.45) is 0 Å². The van der Waals surface area contributed by atoms with E-state index >= 15 is 0 Å². The third-order valence-electron chi connectivity index (χ3n) is 2.99. The van der Waals surface area contributed by atoms with Crippen LogP contribution in [0, 0.1) is 0 Å². The van der Waals surface area contributed by atoms with E-state index in [1.54, 1.807) is 0 Å². The second kappa shape index (κ2) is 9.20. The minimum atomic E-state index is -0.0953. The highest BCUT2D eigenvalue weighted by atomic mass is 35.5. The first kappa shape index (κ1) is 16.5.